The summed E-state index contributed by atoms with van der Waals surface area (Å²) in [6, 6.07) is 9.58. The molecule has 0 heterocycles. The molecule has 0 atom stereocenters. The lowest BCUT2D eigenvalue weighted by Crippen LogP contribution is -2.06. The van der Waals surface area contributed by atoms with E-state index in [9.17, 15) is 0 Å². The van der Waals surface area contributed by atoms with Gasteiger partial charge in [0, 0.05) is 0 Å². The summed E-state index contributed by atoms with van der Waals surface area (Å²) in [6.07, 6.45) is 2.66. The van der Waals surface area contributed by atoms with Crippen molar-refractivity contribution in [3.8, 4) is 23.0 Å². The second-order valence-electron chi connectivity index (χ2n) is 5.66. The second kappa shape index (κ2) is 10.7. The molecule has 146 valence electrons. The molecule has 0 aliphatic heterocycles. The molecule has 0 unspecified atom stereocenters. The van der Waals surface area contributed by atoms with Gasteiger partial charge in [-0.05, 0) is 57.7 Å². The first-order chi connectivity index (χ1) is 13.1. The van der Waals surface area contributed by atoms with Gasteiger partial charge in [0.25, 0.3) is 0 Å². The largest absolute Gasteiger partial charge is 0.493 e. The minimum atomic E-state index is 0.562. The molecule has 2 rings (SSSR count). The number of ether oxygens (including phenoxy) is 4. The smallest absolute Gasteiger partial charge is 0.175 e. The summed E-state index contributed by atoms with van der Waals surface area (Å²) in [5, 5.41) is 4.28. The number of methoxy groups -OCH3 is 3. The Morgan fingerprint density at radius 1 is 1.00 bits per heavy atom. The lowest BCUT2D eigenvalue weighted by Gasteiger charge is -2.12. The van der Waals surface area contributed by atoms with Gasteiger partial charge < -0.3 is 24.4 Å². The summed E-state index contributed by atoms with van der Waals surface area (Å²) in [7, 11) is 4.86. The SMILES string of the molecule is CCCOc1c(Br)cc(/C=N\NCc2ccc(OC)c(OC)c2)cc1OC. The van der Waals surface area contributed by atoms with Gasteiger partial charge in [-0.15, -0.1) is 0 Å². The standard InChI is InChI=1S/C20H25BrN2O4/c1-5-8-27-20-16(21)9-15(11-19(20)26-4)13-23-22-12-14-6-7-17(24-2)18(10-14)25-3/h6-7,9-11,13,22H,5,8,12H2,1-4H3/b23-13-. The van der Waals surface area contributed by atoms with Crippen LogP contribution in [0.15, 0.2) is 39.9 Å². The predicted octanol–water partition coefficient (Wildman–Crippen LogP) is 4.39. The summed E-state index contributed by atoms with van der Waals surface area (Å²) in [6.45, 7) is 3.26. The number of nitrogens with zero attached hydrogens (tertiary/aromatic N) is 1. The molecule has 0 bridgehead atoms. The molecule has 0 radical (unpaired) electrons. The Morgan fingerprint density at radius 3 is 2.41 bits per heavy atom. The Balaban J connectivity index is 2.03. The van der Waals surface area contributed by atoms with Crippen LogP contribution in [0.3, 0.4) is 0 Å². The summed E-state index contributed by atoms with van der Waals surface area (Å²) < 4.78 is 22.5. The summed E-state index contributed by atoms with van der Waals surface area (Å²) in [4.78, 5) is 0. The van der Waals surface area contributed by atoms with Gasteiger partial charge in [0.1, 0.15) is 0 Å². The molecule has 0 saturated heterocycles. The molecule has 0 aliphatic carbocycles. The van der Waals surface area contributed by atoms with E-state index in [2.05, 4.69) is 33.4 Å². The van der Waals surface area contributed by atoms with Crippen LogP contribution < -0.4 is 24.4 Å². The third-order valence-corrected chi connectivity index (χ3v) is 4.33. The van der Waals surface area contributed by atoms with E-state index >= 15 is 0 Å². The highest BCUT2D eigenvalue weighted by Gasteiger charge is 2.11. The highest BCUT2D eigenvalue weighted by molar-refractivity contribution is 9.10. The molecule has 0 fully saturated rings. The van der Waals surface area contributed by atoms with Crippen molar-refractivity contribution in [2.24, 2.45) is 5.10 Å². The highest BCUT2D eigenvalue weighted by atomic mass is 79.9. The zero-order valence-electron chi connectivity index (χ0n) is 16.0. The van der Waals surface area contributed by atoms with Gasteiger partial charge in [0.2, 0.25) is 0 Å². The number of hydrogen-bond acceptors (Lipinski definition) is 6. The Labute approximate surface area is 168 Å². The monoisotopic (exact) mass is 436 g/mol. The third-order valence-electron chi connectivity index (χ3n) is 3.74. The number of benzene rings is 2. The van der Waals surface area contributed by atoms with Gasteiger partial charge in [-0.1, -0.05) is 13.0 Å². The van der Waals surface area contributed by atoms with Gasteiger partial charge in [-0.3, -0.25) is 0 Å². The van der Waals surface area contributed by atoms with Crippen LogP contribution in [0.25, 0.3) is 0 Å². The van der Waals surface area contributed by atoms with E-state index in [-0.39, 0.29) is 0 Å². The number of nitrogens with one attached hydrogen (secondary N) is 1. The lowest BCUT2D eigenvalue weighted by atomic mass is 10.2. The molecule has 6 nitrogen and oxygen atoms in total. The molecule has 0 amide bonds. The average Bonchev–Trinajstić information content (AvgIpc) is 2.69. The van der Waals surface area contributed by atoms with Gasteiger partial charge in [-0.2, -0.15) is 5.10 Å². The third kappa shape index (κ3) is 5.79. The predicted molar refractivity (Wildman–Crippen MR) is 110 cm³/mol. The van der Waals surface area contributed by atoms with Crippen molar-refractivity contribution in [1.29, 1.82) is 0 Å². The van der Waals surface area contributed by atoms with E-state index in [0.29, 0.717) is 36.1 Å². The van der Waals surface area contributed by atoms with Crippen molar-refractivity contribution < 1.29 is 18.9 Å². The Bertz CT molecular complexity index is 781. The fourth-order valence-corrected chi connectivity index (χ4v) is 2.98. The van der Waals surface area contributed by atoms with E-state index < -0.39 is 0 Å². The van der Waals surface area contributed by atoms with Crippen LogP contribution in [-0.4, -0.2) is 34.2 Å². The summed E-state index contributed by atoms with van der Waals surface area (Å²) in [5.41, 5.74) is 4.96. The van der Waals surface area contributed by atoms with Gasteiger partial charge in [0.05, 0.1) is 45.2 Å². The average molecular weight is 437 g/mol. The fraction of sp³-hybridized carbons (Fsp3) is 0.350. The first kappa shape index (κ1) is 20.9. The molecule has 0 saturated carbocycles. The van der Waals surface area contributed by atoms with E-state index in [1.54, 1.807) is 27.5 Å². The molecule has 0 aromatic heterocycles. The van der Waals surface area contributed by atoms with Crippen LogP contribution >= 0.6 is 15.9 Å². The summed E-state index contributed by atoms with van der Waals surface area (Å²) >= 11 is 3.53. The first-order valence-corrected chi connectivity index (χ1v) is 9.39. The molecular weight excluding hydrogens is 412 g/mol. The van der Waals surface area contributed by atoms with Crippen molar-refractivity contribution in [2.45, 2.75) is 19.9 Å². The Morgan fingerprint density at radius 2 is 1.74 bits per heavy atom. The molecule has 2 aromatic carbocycles. The topological polar surface area (TPSA) is 61.3 Å². The number of hydrogen-bond donors (Lipinski definition) is 1. The Kier molecular flexibility index (Phi) is 8.26. The van der Waals surface area contributed by atoms with E-state index in [0.717, 1.165) is 22.0 Å². The van der Waals surface area contributed by atoms with Crippen molar-refractivity contribution in [1.82, 2.24) is 5.43 Å². The fourth-order valence-electron chi connectivity index (χ4n) is 2.41. The zero-order valence-corrected chi connectivity index (χ0v) is 17.6. The minimum absolute atomic E-state index is 0.562. The lowest BCUT2D eigenvalue weighted by molar-refractivity contribution is 0.292. The summed E-state index contributed by atoms with van der Waals surface area (Å²) in [5.74, 6) is 2.76. The minimum Gasteiger partial charge on any atom is -0.493 e. The van der Waals surface area contributed by atoms with Gasteiger partial charge in [-0.25, -0.2) is 0 Å². The molecule has 7 heteroatoms. The van der Waals surface area contributed by atoms with Crippen molar-refractivity contribution in [3.05, 3.63) is 45.9 Å². The molecule has 2 aromatic rings. The maximum atomic E-state index is 5.73. The van der Waals surface area contributed by atoms with Crippen LogP contribution in [-0.2, 0) is 6.54 Å². The molecule has 0 aliphatic rings. The molecular formula is C20H25BrN2O4. The zero-order chi connectivity index (χ0) is 19.6. The molecule has 1 N–H and O–H groups in total. The van der Waals surface area contributed by atoms with Crippen LogP contribution in [0.5, 0.6) is 23.0 Å². The quantitative estimate of drug-likeness (QED) is 0.442. The van der Waals surface area contributed by atoms with Crippen molar-refractivity contribution in [2.75, 3.05) is 27.9 Å². The van der Waals surface area contributed by atoms with Crippen LogP contribution in [0, 0.1) is 0 Å². The normalized spacial score (nSPS) is 10.7. The van der Waals surface area contributed by atoms with Crippen molar-refractivity contribution >= 4 is 22.1 Å². The highest BCUT2D eigenvalue weighted by Crippen LogP contribution is 2.36. The van der Waals surface area contributed by atoms with E-state index in [4.69, 9.17) is 18.9 Å². The van der Waals surface area contributed by atoms with Gasteiger partial charge >= 0.3 is 0 Å². The molecule has 27 heavy (non-hydrogen) atoms. The van der Waals surface area contributed by atoms with Crippen LogP contribution in [0.2, 0.25) is 0 Å². The number of halogens is 1. The van der Waals surface area contributed by atoms with E-state index in [1.165, 1.54) is 0 Å². The van der Waals surface area contributed by atoms with Gasteiger partial charge in [0.15, 0.2) is 23.0 Å². The van der Waals surface area contributed by atoms with Crippen molar-refractivity contribution in [3.63, 3.8) is 0 Å². The van der Waals surface area contributed by atoms with E-state index in [1.807, 2.05) is 30.3 Å². The van der Waals surface area contributed by atoms with Crippen LogP contribution in [0.1, 0.15) is 24.5 Å². The second-order valence-corrected chi connectivity index (χ2v) is 6.52. The number of rotatable bonds is 10. The maximum absolute atomic E-state index is 5.73. The van der Waals surface area contributed by atoms with Crippen LogP contribution in [0.4, 0.5) is 0 Å². The first-order valence-electron chi connectivity index (χ1n) is 8.60. The number of hydrazone groups is 1. The maximum Gasteiger partial charge on any atom is 0.175 e. The Hall–Kier alpha value is -2.41. The molecule has 0 spiro atoms.